The van der Waals surface area contributed by atoms with E-state index in [9.17, 15) is 14.0 Å². The fraction of sp³-hybridized carbons (Fsp3) is 0.130. The number of benzene rings is 2. The van der Waals surface area contributed by atoms with Crippen molar-refractivity contribution in [2.24, 2.45) is 0 Å². The maximum absolute atomic E-state index is 14.2. The summed E-state index contributed by atoms with van der Waals surface area (Å²) < 4.78 is 20.9. The summed E-state index contributed by atoms with van der Waals surface area (Å²) in [6.07, 6.45) is 0. The van der Waals surface area contributed by atoms with Crippen LogP contribution in [0.2, 0.25) is 0 Å². The average molecular weight is 450 g/mol. The van der Waals surface area contributed by atoms with E-state index in [2.05, 4.69) is 15.4 Å². The highest BCUT2D eigenvalue weighted by Crippen LogP contribution is 2.33. The van der Waals surface area contributed by atoms with Gasteiger partial charge in [0.05, 0.1) is 12.8 Å². The Labute approximate surface area is 187 Å². The molecule has 0 aliphatic rings. The molecule has 0 fully saturated rings. The van der Waals surface area contributed by atoms with Crippen molar-refractivity contribution < 1.29 is 13.9 Å². The Bertz CT molecular complexity index is 1380. The zero-order valence-corrected chi connectivity index (χ0v) is 18.4. The minimum atomic E-state index is -0.725. The van der Waals surface area contributed by atoms with Crippen molar-refractivity contribution in [2.75, 3.05) is 12.4 Å². The normalized spacial score (nSPS) is 10.8. The Balaban J connectivity index is 1.65. The maximum atomic E-state index is 14.2. The maximum Gasteiger partial charge on any atom is 0.281 e. The molecule has 0 saturated heterocycles. The number of nitrogens with one attached hydrogen (secondary N) is 1. The number of carbonyl (C=O) groups excluding carboxylic acids is 1. The molecule has 1 amide bonds. The average Bonchev–Trinajstić information content (AvgIpc) is 3.22. The summed E-state index contributed by atoms with van der Waals surface area (Å²) in [6, 6.07) is 13.0. The number of rotatable bonds is 5. The molecule has 9 heteroatoms. The monoisotopic (exact) mass is 450 g/mol. The summed E-state index contributed by atoms with van der Waals surface area (Å²) in [4.78, 5) is 29.7. The number of carbonyl (C=O) groups is 1. The van der Waals surface area contributed by atoms with Crippen LogP contribution in [0.15, 0.2) is 58.7 Å². The Morgan fingerprint density at radius 1 is 1.16 bits per heavy atom. The van der Waals surface area contributed by atoms with Crippen LogP contribution in [0.3, 0.4) is 0 Å². The van der Waals surface area contributed by atoms with Gasteiger partial charge in [-0.1, -0.05) is 23.8 Å². The Morgan fingerprint density at radius 2 is 1.94 bits per heavy atom. The quantitative estimate of drug-likeness (QED) is 0.488. The third kappa shape index (κ3) is 4.15. The van der Waals surface area contributed by atoms with Crippen LogP contribution in [0.5, 0.6) is 5.75 Å². The first-order valence-corrected chi connectivity index (χ1v) is 10.5. The second-order valence-corrected chi connectivity index (χ2v) is 7.92. The number of anilines is 1. The molecule has 4 rings (SSSR count). The van der Waals surface area contributed by atoms with E-state index in [1.807, 2.05) is 25.1 Å². The highest BCUT2D eigenvalue weighted by atomic mass is 32.1. The smallest absolute Gasteiger partial charge is 0.281 e. The second kappa shape index (κ2) is 8.72. The summed E-state index contributed by atoms with van der Waals surface area (Å²) in [7, 11) is 1.58. The summed E-state index contributed by atoms with van der Waals surface area (Å²) in [5, 5.41) is 8.81. The molecule has 2 heterocycles. The summed E-state index contributed by atoms with van der Waals surface area (Å²) >= 11 is 1.21. The first kappa shape index (κ1) is 21.4. The highest BCUT2D eigenvalue weighted by molar-refractivity contribution is 7.14. The molecule has 7 nitrogen and oxygen atoms in total. The highest BCUT2D eigenvalue weighted by Gasteiger charge is 2.19. The first-order chi connectivity index (χ1) is 15.4. The van der Waals surface area contributed by atoms with Gasteiger partial charge in [0.2, 0.25) is 5.43 Å². The molecule has 0 aliphatic heterocycles. The van der Waals surface area contributed by atoms with Gasteiger partial charge in [0.25, 0.3) is 5.91 Å². The number of halogens is 1. The van der Waals surface area contributed by atoms with Crippen molar-refractivity contribution in [1.82, 2.24) is 14.8 Å². The molecular weight excluding hydrogens is 431 g/mol. The molecule has 4 aromatic rings. The van der Waals surface area contributed by atoms with E-state index in [4.69, 9.17) is 4.74 Å². The van der Waals surface area contributed by atoms with E-state index < -0.39 is 17.2 Å². The van der Waals surface area contributed by atoms with E-state index in [-0.39, 0.29) is 11.4 Å². The fourth-order valence-electron chi connectivity index (χ4n) is 3.21. The predicted molar refractivity (Wildman–Crippen MR) is 121 cm³/mol. The number of hydrogen-bond donors (Lipinski definition) is 1. The van der Waals surface area contributed by atoms with Crippen LogP contribution in [-0.4, -0.2) is 27.8 Å². The van der Waals surface area contributed by atoms with Crippen LogP contribution in [-0.2, 0) is 0 Å². The Kier molecular flexibility index (Phi) is 5.83. The molecule has 0 radical (unpaired) electrons. The summed E-state index contributed by atoms with van der Waals surface area (Å²) in [5.74, 6) is -0.585. The SMILES string of the molecule is COc1ccc(C)cc1-c1csc(NC(=O)c2nn(-c3ccccc3F)c(C)cc2=O)n1. The molecule has 2 aromatic heterocycles. The lowest BCUT2D eigenvalue weighted by Gasteiger charge is -2.11. The summed E-state index contributed by atoms with van der Waals surface area (Å²) in [6.45, 7) is 3.58. The van der Waals surface area contributed by atoms with Crippen molar-refractivity contribution in [3.05, 3.63) is 86.9 Å². The molecule has 0 bridgehead atoms. The van der Waals surface area contributed by atoms with E-state index in [0.29, 0.717) is 22.3 Å². The van der Waals surface area contributed by atoms with Gasteiger partial charge in [0.1, 0.15) is 17.3 Å². The van der Waals surface area contributed by atoms with Crippen LogP contribution < -0.4 is 15.5 Å². The first-order valence-electron chi connectivity index (χ1n) is 9.65. The van der Waals surface area contributed by atoms with Crippen LogP contribution in [0.4, 0.5) is 9.52 Å². The van der Waals surface area contributed by atoms with Gasteiger partial charge in [-0.3, -0.25) is 14.9 Å². The zero-order valence-electron chi connectivity index (χ0n) is 17.5. The Hall–Kier alpha value is -3.85. The number of nitrogens with zero attached hydrogens (tertiary/aromatic N) is 3. The predicted octanol–water partition coefficient (Wildman–Crippen LogP) is 4.37. The van der Waals surface area contributed by atoms with Crippen LogP contribution in [0.1, 0.15) is 21.7 Å². The lowest BCUT2D eigenvalue weighted by Crippen LogP contribution is -2.27. The zero-order chi connectivity index (χ0) is 22.8. The van der Waals surface area contributed by atoms with Gasteiger partial charge in [0, 0.05) is 22.7 Å². The molecule has 162 valence electrons. The van der Waals surface area contributed by atoms with Gasteiger partial charge >= 0.3 is 0 Å². The standard InChI is InChI=1S/C23H19FN4O3S/c1-13-8-9-20(31-3)15(10-13)17-12-32-23(25-17)26-22(30)21-19(29)11-14(2)28(27-21)18-7-5-4-6-16(18)24/h4-12H,1-3H3,(H,25,26,30). The van der Waals surface area contributed by atoms with Gasteiger partial charge in [-0.15, -0.1) is 11.3 Å². The fourth-order valence-corrected chi connectivity index (χ4v) is 3.91. The van der Waals surface area contributed by atoms with Crippen molar-refractivity contribution in [3.8, 4) is 22.7 Å². The third-order valence-electron chi connectivity index (χ3n) is 4.76. The molecule has 1 N–H and O–H groups in total. The van der Waals surface area contributed by atoms with Gasteiger partial charge in [0.15, 0.2) is 10.8 Å². The largest absolute Gasteiger partial charge is 0.496 e. The summed E-state index contributed by atoms with van der Waals surface area (Å²) in [5.41, 5.74) is 2.08. The lowest BCUT2D eigenvalue weighted by molar-refractivity contribution is 0.101. The van der Waals surface area contributed by atoms with E-state index in [1.165, 1.54) is 34.2 Å². The molecular formula is C23H19FN4O3S. The number of amides is 1. The van der Waals surface area contributed by atoms with Gasteiger partial charge in [-0.25, -0.2) is 14.1 Å². The number of para-hydroxylation sites is 1. The molecule has 0 unspecified atom stereocenters. The topological polar surface area (TPSA) is 86.1 Å². The number of aryl methyl sites for hydroxylation is 2. The van der Waals surface area contributed by atoms with E-state index in [1.54, 1.807) is 31.5 Å². The molecule has 0 atom stereocenters. The van der Waals surface area contributed by atoms with Gasteiger partial charge in [-0.05, 0) is 38.1 Å². The van der Waals surface area contributed by atoms with Gasteiger partial charge in [-0.2, -0.15) is 5.10 Å². The van der Waals surface area contributed by atoms with Crippen LogP contribution in [0.25, 0.3) is 16.9 Å². The minimum Gasteiger partial charge on any atom is -0.496 e. The van der Waals surface area contributed by atoms with E-state index >= 15 is 0 Å². The van der Waals surface area contributed by atoms with Gasteiger partial charge < -0.3 is 4.74 Å². The number of thiazole rings is 1. The number of aromatic nitrogens is 3. The number of hydrogen-bond acceptors (Lipinski definition) is 6. The molecule has 0 saturated carbocycles. The number of ether oxygens (including phenoxy) is 1. The Morgan fingerprint density at radius 3 is 2.69 bits per heavy atom. The number of methoxy groups -OCH3 is 1. The minimum absolute atomic E-state index is 0.141. The van der Waals surface area contributed by atoms with Crippen LogP contribution >= 0.6 is 11.3 Å². The molecule has 32 heavy (non-hydrogen) atoms. The van der Waals surface area contributed by atoms with E-state index in [0.717, 1.165) is 11.1 Å². The van der Waals surface area contributed by atoms with Crippen molar-refractivity contribution >= 4 is 22.4 Å². The van der Waals surface area contributed by atoms with Crippen molar-refractivity contribution in [2.45, 2.75) is 13.8 Å². The van der Waals surface area contributed by atoms with Crippen molar-refractivity contribution in [1.29, 1.82) is 0 Å². The molecule has 0 aliphatic carbocycles. The lowest BCUT2D eigenvalue weighted by atomic mass is 10.1. The molecule has 2 aromatic carbocycles. The molecule has 0 spiro atoms. The van der Waals surface area contributed by atoms with Crippen molar-refractivity contribution in [3.63, 3.8) is 0 Å². The second-order valence-electron chi connectivity index (χ2n) is 7.06. The van der Waals surface area contributed by atoms with Crippen LogP contribution in [0, 0.1) is 19.7 Å². The third-order valence-corrected chi connectivity index (χ3v) is 5.52.